The molecule has 4 nitrogen and oxygen atoms in total. The maximum Gasteiger partial charge on any atom is 0.312 e. The van der Waals surface area contributed by atoms with Crippen molar-refractivity contribution in [3.8, 4) is 0 Å². The van der Waals surface area contributed by atoms with Crippen molar-refractivity contribution in [1.29, 1.82) is 0 Å². The van der Waals surface area contributed by atoms with E-state index in [0.717, 1.165) is 58.4 Å². The lowest BCUT2D eigenvalue weighted by Crippen LogP contribution is -2.47. The first-order chi connectivity index (χ1) is 12.9. The molecule has 2 saturated heterocycles. The molecule has 2 aliphatic rings. The van der Waals surface area contributed by atoms with Gasteiger partial charge in [0.25, 0.3) is 0 Å². The lowest BCUT2D eigenvalue weighted by Gasteiger charge is -2.37. The molecule has 0 amide bonds. The molecule has 2 fully saturated rings. The first-order valence-electron chi connectivity index (χ1n) is 10.7. The van der Waals surface area contributed by atoms with Crippen molar-refractivity contribution in [1.82, 2.24) is 4.90 Å². The molecule has 0 saturated carbocycles. The van der Waals surface area contributed by atoms with E-state index in [1.807, 2.05) is 6.92 Å². The zero-order valence-electron chi connectivity index (χ0n) is 17.5. The number of rotatable bonds is 7. The molecule has 2 aliphatic heterocycles. The number of ether oxygens (including phenoxy) is 1. The normalized spacial score (nSPS) is 26.6. The van der Waals surface area contributed by atoms with Gasteiger partial charge in [0.15, 0.2) is 0 Å². The summed E-state index contributed by atoms with van der Waals surface area (Å²) in [5.74, 6) is 0.678. The van der Waals surface area contributed by atoms with Gasteiger partial charge in [-0.2, -0.15) is 0 Å². The zero-order valence-corrected chi connectivity index (χ0v) is 17.5. The number of benzene rings is 1. The Morgan fingerprint density at radius 1 is 1.19 bits per heavy atom. The average molecular weight is 373 g/mol. The molecule has 0 N–H and O–H groups in total. The molecule has 2 heterocycles. The number of hydrogen-bond donors (Lipinski definition) is 0. The van der Waals surface area contributed by atoms with Crippen molar-refractivity contribution in [2.24, 2.45) is 11.3 Å². The second-order valence-electron chi connectivity index (χ2n) is 8.99. The van der Waals surface area contributed by atoms with Crippen molar-refractivity contribution in [3.63, 3.8) is 0 Å². The quantitative estimate of drug-likeness (QED) is 0.674. The molecule has 0 radical (unpaired) electrons. The van der Waals surface area contributed by atoms with E-state index in [0.29, 0.717) is 5.92 Å². The third kappa shape index (κ3) is 4.84. The van der Waals surface area contributed by atoms with Crippen LogP contribution in [0.1, 0.15) is 52.5 Å². The van der Waals surface area contributed by atoms with E-state index in [4.69, 9.17) is 4.74 Å². The highest BCUT2D eigenvalue weighted by atomic mass is 16.6. The van der Waals surface area contributed by atoms with Crippen molar-refractivity contribution in [3.05, 3.63) is 29.8 Å². The molecule has 0 aliphatic carbocycles. The topological polar surface area (TPSA) is 32.8 Å². The maximum atomic E-state index is 12.1. The Morgan fingerprint density at radius 2 is 1.89 bits per heavy atom. The highest BCUT2D eigenvalue weighted by Gasteiger charge is 2.43. The van der Waals surface area contributed by atoms with Crippen LogP contribution in [0, 0.1) is 11.3 Å². The van der Waals surface area contributed by atoms with Crippen molar-refractivity contribution in [2.75, 3.05) is 37.6 Å². The molecular formula is C23H36N2O2. The summed E-state index contributed by atoms with van der Waals surface area (Å²) in [5, 5.41) is 0. The zero-order chi connectivity index (χ0) is 19.4. The number of cyclic esters (lactones) is 1. The number of piperazine rings is 1. The molecular weight excluding hydrogens is 336 g/mol. The lowest BCUT2D eigenvalue weighted by atomic mass is 9.84. The van der Waals surface area contributed by atoms with Gasteiger partial charge in [-0.15, -0.1) is 0 Å². The summed E-state index contributed by atoms with van der Waals surface area (Å²) in [6.07, 6.45) is 3.96. The van der Waals surface area contributed by atoms with Crippen LogP contribution in [-0.2, 0) is 16.0 Å². The Kier molecular flexibility index (Phi) is 6.46. The molecule has 150 valence electrons. The second-order valence-corrected chi connectivity index (χ2v) is 8.99. The molecule has 4 heteroatoms. The van der Waals surface area contributed by atoms with Crippen LogP contribution in [0.2, 0.25) is 0 Å². The van der Waals surface area contributed by atoms with Crippen molar-refractivity contribution >= 4 is 11.7 Å². The minimum Gasteiger partial charge on any atom is -0.462 e. The monoisotopic (exact) mass is 372 g/mol. The molecule has 3 rings (SSSR count). The third-order valence-corrected chi connectivity index (χ3v) is 6.33. The molecule has 0 aromatic heterocycles. The van der Waals surface area contributed by atoms with Crippen LogP contribution in [-0.4, -0.2) is 49.7 Å². The van der Waals surface area contributed by atoms with Crippen LogP contribution in [0.5, 0.6) is 0 Å². The van der Waals surface area contributed by atoms with Crippen LogP contribution in [0.3, 0.4) is 0 Å². The van der Waals surface area contributed by atoms with E-state index in [-0.39, 0.29) is 17.5 Å². The lowest BCUT2D eigenvalue weighted by molar-refractivity contribution is -0.148. The van der Waals surface area contributed by atoms with Crippen LogP contribution in [0.15, 0.2) is 24.3 Å². The van der Waals surface area contributed by atoms with Gasteiger partial charge in [0.2, 0.25) is 0 Å². The Morgan fingerprint density at radius 3 is 2.52 bits per heavy atom. The summed E-state index contributed by atoms with van der Waals surface area (Å²) in [4.78, 5) is 17.1. The molecule has 0 bridgehead atoms. The second kappa shape index (κ2) is 8.64. The number of carbonyl (C=O) groups excluding carboxylic acids is 1. The van der Waals surface area contributed by atoms with E-state index in [1.54, 1.807) is 0 Å². The molecule has 1 aromatic carbocycles. The summed E-state index contributed by atoms with van der Waals surface area (Å²) >= 11 is 0. The first kappa shape index (κ1) is 20.2. The van der Waals surface area contributed by atoms with E-state index in [1.165, 1.54) is 11.3 Å². The van der Waals surface area contributed by atoms with Crippen molar-refractivity contribution in [2.45, 2.75) is 59.5 Å². The number of nitrogens with zero attached hydrogens (tertiary/aromatic N) is 2. The Balaban J connectivity index is 1.48. The number of carbonyl (C=O) groups is 1. The van der Waals surface area contributed by atoms with Gasteiger partial charge in [0.05, 0.1) is 5.41 Å². The first-order valence-corrected chi connectivity index (χ1v) is 10.7. The van der Waals surface area contributed by atoms with Crippen LogP contribution >= 0.6 is 0 Å². The van der Waals surface area contributed by atoms with Gasteiger partial charge in [-0.1, -0.05) is 39.0 Å². The molecule has 1 aromatic rings. The smallest absolute Gasteiger partial charge is 0.312 e. The number of hydrogen-bond acceptors (Lipinski definition) is 4. The molecule has 2 atom stereocenters. The van der Waals surface area contributed by atoms with E-state index < -0.39 is 0 Å². The van der Waals surface area contributed by atoms with Crippen LogP contribution < -0.4 is 4.90 Å². The fourth-order valence-electron chi connectivity index (χ4n) is 4.34. The predicted octanol–water partition coefficient (Wildman–Crippen LogP) is 4.13. The van der Waals surface area contributed by atoms with Crippen molar-refractivity contribution < 1.29 is 9.53 Å². The number of esters is 1. The Hall–Kier alpha value is -1.55. The largest absolute Gasteiger partial charge is 0.462 e. The number of anilines is 1. The fraction of sp³-hybridized carbons (Fsp3) is 0.696. The summed E-state index contributed by atoms with van der Waals surface area (Å²) in [5.41, 5.74) is 2.62. The molecule has 2 unspecified atom stereocenters. The summed E-state index contributed by atoms with van der Waals surface area (Å²) < 4.78 is 5.63. The predicted molar refractivity (Wildman–Crippen MR) is 111 cm³/mol. The highest BCUT2D eigenvalue weighted by molar-refractivity contribution is 5.78. The minimum absolute atomic E-state index is 0.00146. The fourth-order valence-corrected chi connectivity index (χ4v) is 4.34. The SMILES string of the molecule is CCC1(C)CC(CCN2CCN(c3ccccc3CC(C)C)CC2)OC1=O. The van der Waals surface area contributed by atoms with E-state index in [2.05, 4.69) is 54.8 Å². The van der Waals surface area contributed by atoms with Gasteiger partial charge in [0, 0.05) is 44.8 Å². The van der Waals surface area contributed by atoms with Gasteiger partial charge in [0.1, 0.15) is 6.10 Å². The van der Waals surface area contributed by atoms with Crippen LogP contribution in [0.4, 0.5) is 5.69 Å². The minimum atomic E-state index is -0.260. The van der Waals surface area contributed by atoms with Gasteiger partial charge < -0.3 is 9.64 Å². The van der Waals surface area contributed by atoms with Gasteiger partial charge in [-0.3, -0.25) is 9.69 Å². The standard InChI is InChI=1S/C23H36N2O2/c1-5-23(4)17-20(27-22(23)26)10-11-24-12-14-25(15-13-24)21-9-7-6-8-19(21)16-18(2)3/h6-9,18,20H,5,10-17H2,1-4H3. The van der Waals surface area contributed by atoms with E-state index in [9.17, 15) is 4.79 Å². The highest BCUT2D eigenvalue weighted by Crippen LogP contribution is 2.37. The average Bonchev–Trinajstić information content (AvgIpc) is 2.95. The van der Waals surface area contributed by atoms with E-state index >= 15 is 0 Å². The third-order valence-electron chi connectivity index (χ3n) is 6.33. The Bertz CT molecular complexity index is 637. The van der Waals surface area contributed by atoms with Crippen LogP contribution in [0.25, 0.3) is 0 Å². The molecule has 0 spiro atoms. The summed E-state index contributed by atoms with van der Waals surface area (Å²) in [6.45, 7) is 14.0. The molecule has 27 heavy (non-hydrogen) atoms. The number of para-hydroxylation sites is 1. The maximum absolute atomic E-state index is 12.1. The summed E-state index contributed by atoms with van der Waals surface area (Å²) in [7, 11) is 0. The summed E-state index contributed by atoms with van der Waals surface area (Å²) in [6, 6.07) is 8.87. The van der Waals surface area contributed by atoms with Gasteiger partial charge in [-0.05, 0) is 43.7 Å². The van der Waals surface area contributed by atoms with Gasteiger partial charge >= 0.3 is 5.97 Å². The van der Waals surface area contributed by atoms with Gasteiger partial charge in [-0.25, -0.2) is 0 Å². The Labute approximate surface area is 164 Å².